The minimum Gasteiger partial charge on any atom is -0.326 e. The maximum Gasteiger partial charge on any atom is 0.240 e. The number of carbonyl (C=O) groups is 2. The van der Waals surface area contributed by atoms with Gasteiger partial charge in [0.15, 0.2) is 0 Å². The largest absolute Gasteiger partial charge is 0.326 e. The Balaban J connectivity index is 2.41. The van der Waals surface area contributed by atoms with E-state index in [9.17, 15) is 9.59 Å². The molecule has 1 aromatic carbocycles. The van der Waals surface area contributed by atoms with Crippen LogP contribution in [0.15, 0.2) is 29.4 Å². The highest BCUT2D eigenvalue weighted by molar-refractivity contribution is 14.1. The van der Waals surface area contributed by atoms with E-state index in [4.69, 9.17) is 0 Å². The molecule has 0 aliphatic carbocycles. The van der Waals surface area contributed by atoms with Gasteiger partial charge in [-0.25, -0.2) is 5.43 Å². The second-order valence-corrected chi connectivity index (χ2v) is 5.97. The van der Waals surface area contributed by atoms with Crippen molar-refractivity contribution in [3.05, 3.63) is 27.8 Å². The highest BCUT2D eigenvalue weighted by atomic mass is 127. The molecule has 0 aromatic heterocycles. The molecule has 0 fully saturated rings. The molecule has 6 heteroatoms. The fraction of sp³-hybridized carbons (Fsp3) is 0.400. The molecule has 1 aromatic rings. The minimum atomic E-state index is -0.152. The van der Waals surface area contributed by atoms with Crippen LogP contribution in [0.5, 0.6) is 0 Å². The Morgan fingerprint density at radius 2 is 2.05 bits per heavy atom. The fourth-order valence-electron chi connectivity index (χ4n) is 1.59. The van der Waals surface area contributed by atoms with Crippen molar-refractivity contribution in [3.8, 4) is 0 Å². The van der Waals surface area contributed by atoms with E-state index in [0.29, 0.717) is 12.1 Å². The van der Waals surface area contributed by atoms with Crippen molar-refractivity contribution < 1.29 is 9.59 Å². The number of rotatable bonds is 7. The number of anilines is 1. The van der Waals surface area contributed by atoms with Gasteiger partial charge in [-0.2, -0.15) is 5.10 Å². The molecule has 0 aliphatic heterocycles. The van der Waals surface area contributed by atoms with Crippen LogP contribution in [-0.4, -0.2) is 17.5 Å². The number of benzene rings is 1. The molecule has 5 nitrogen and oxygen atoms in total. The number of nitrogens with zero attached hydrogens (tertiary/aromatic N) is 1. The molecule has 0 unspecified atom stereocenters. The molecule has 2 N–H and O–H groups in total. The lowest BCUT2D eigenvalue weighted by atomic mass is 10.2. The Labute approximate surface area is 138 Å². The number of carbonyl (C=O) groups excluding carboxylic acids is 2. The Morgan fingerprint density at radius 3 is 2.71 bits per heavy atom. The number of unbranched alkanes of at least 4 members (excludes halogenated alkanes) is 1. The van der Waals surface area contributed by atoms with Crippen molar-refractivity contribution in [2.75, 3.05) is 5.32 Å². The first-order chi connectivity index (χ1) is 10.0. The third-order valence-corrected chi connectivity index (χ3v) is 3.32. The number of nitrogens with one attached hydrogen (secondary N) is 2. The number of amides is 2. The SMILES string of the molecule is CCCCC(=O)N/N=C(\C)CC(=O)Nc1cccc(I)c1. The van der Waals surface area contributed by atoms with Crippen LogP contribution in [-0.2, 0) is 9.59 Å². The van der Waals surface area contributed by atoms with E-state index < -0.39 is 0 Å². The highest BCUT2D eigenvalue weighted by Gasteiger charge is 2.05. The normalized spacial score (nSPS) is 11.1. The van der Waals surface area contributed by atoms with Crippen molar-refractivity contribution in [1.29, 1.82) is 0 Å². The molecular weight excluding hydrogens is 381 g/mol. The van der Waals surface area contributed by atoms with Crippen LogP contribution in [0.4, 0.5) is 5.69 Å². The summed E-state index contributed by atoms with van der Waals surface area (Å²) in [5.74, 6) is -0.268. The summed E-state index contributed by atoms with van der Waals surface area (Å²) in [5.41, 5.74) is 3.79. The molecule has 2 amide bonds. The first-order valence-electron chi connectivity index (χ1n) is 6.88. The molecule has 0 bridgehead atoms. The van der Waals surface area contributed by atoms with Crippen LogP contribution in [0.25, 0.3) is 0 Å². The number of hydrogen-bond donors (Lipinski definition) is 2. The summed E-state index contributed by atoms with van der Waals surface area (Å²) < 4.78 is 1.05. The fourth-order valence-corrected chi connectivity index (χ4v) is 2.14. The topological polar surface area (TPSA) is 70.6 Å². The van der Waals surface area contributed by atoms with Gasteiger partial charge in [-0.05, 0) is 54.1 Å². The van der Waals surface area contributed by atoms with Crippen LogP contribution in [0.1, 0.15) is 39.5 Å². The second kappa shape index (κ2) is 9.49. The van der Waals surface area contributed by atoms with E-state index >= 15 is 0 Å². The summed E-state index contributed by atoms with van der Waals surface area (Å²) >= 11 is 2.19. The zero-order valence-corrected chi connectivity index (χ0v) is 14.4. The van der Waals surface area contributed by atoms with Gasteiger partial charge < -0.3 is 5.32 Å². The van der Waals surface area contributed by atoms with E-state index in [0.717, 1.165) is 22.1 Å². The monoisotopic (exact) mass is 401 g/mol. The minimum absolute atomic E-state index is 0.116. The van der Waals surface area contributed by atoms with Gasteiger partial charge in [-0.3, -0.25) is 9.59 Å². The Bertz CT molecular complexity index is 529. The highest BCUT2D eigenvalue weighted by Crippen LogP contribution is 2.12. The first kappa shape index (κ1) is 17.6. The van der Waals surface area contributed by atoms with Crippen molar-refractivity contribution in [2.24, 2.45) is 5.10 Å². The lowest BCUT2D eigenvalue weighted by Crippen LogP contribution is -2.21. The van der Waals surface area contributed by atoms with E-state index in [-0.39, 0.29) is 18.2 Å². The molecule has 0 heterocycles. The number of hydrazone groups is 1. The maximum atomic E-state index is 11.8. The zero-order valence-electron chi connectivity index (χ0n) is 12.3. The Hall–Kier alpha value is -1.44. The lowest BCUT2D eigenvalue weighted by molar-refractivity contribution is -0.121. The average molecular weight is 401 g/mol. The van der Waals surface area contributed by atoms with Crippen molar-refractivity contribution in [2.45, 2.75) is 39.5 Å². The van der Waals surface area contributed by atoms with Crippen LogP contribution < -0.4 is 10.7 Å². The quantitative estimate of drug-likeness (QED) is 0.418. The number of hydrogen-bond acceptors (Lipinski definition) is 3. The second-order valence-electron chi connectivity index (χ2n) is 4.72. The third-order valence-electron chi connectivity index (χ3n) is 2.65. The van der Waals surface area contributed by atoms with Crippen molar-refractivity contribution >= 4 is 45.8 Å². The van der Waals surface area contributed by atoms with Gasteiger partial charge >= 0.3 is 0 Å². The van der Waals surface area contributed by atoms with Crippen LogP contribution >= 0.6 is 22.6 Å². The average Bonchev–Trinajstić information content (AvgIpc) is 2.42. The maximum absolute atomic E-state index is 11.8. The molecule has 0 aliphatic rings. The molecule has 0 saturated carbocycles. The summed E-state index contributed by atoms with van der Waals surface area (Å²) in [4.78, 5) is 23.2. The zero-order chi connectivity index (χ0) is 15.7. The van der Waals surface area contributed by atoms with Gasteiger partial charge in [0, 0.05) is 21.4 Å². The standard InChI is InChI=1S/C15H20IN3O2/c1-3-4-8-14(20)19-18-11(2)9-15(21)17-13-7-5-6-12(16)10-13/h5-7,10H,3-4,8-9H2,1-2H3,(H,17,21)(H,19,20)/b18-11+. The van der Waals surface area contributed by atoms with E-state index in [2.05, 4.69) is 38.4 Å². The van der Waals surface area contributed by atoms with E-state index in [1.807, 2.05) is 31.2 Å². The predicted octanol–water partition coefficient (Wildman–Crippen LogP) is 3.30. The molecule has 114 valence electrons. The van der Waals surface area contributed by atoms with Gasteiger partial charge in [0.05, 0.1) is 6.42 Å². The summed E-state index contributed by atoms with van der Waals surface area (Å²) in [6.07, 6.45) is 2.42. The first-order valence-corrected chi connectivity index (χ1v) is 7.96. The van der Waals surface area contributed by atoms with Crippen molar-refractivity contribution in [1.82, 2.24) is 5.43 Å². The van der Waals surface area contributed by atoms with Gasteiger partial charge in [0.25, 0.3) is 0 Å². The van der Waals surface area contributed by atoms with Crippen LogP contribution in [0, 0.1) is 3.57 Å². The third kappa shape index (κ3) is 7.79. The van der Waals surface area contributed by atoms with Gasteiger partial charge in [-0.15, -0.1) is 0 Å². The molecular formula is C15H20IN3O2. The smallest absolute Gasteiger partial charge is 0.240 e. The molecule has 21 heavy (non-hydrogen) atoms. The van der Waals surface area contributed by atoms with Gasteiger partial charge in [0.2, 0.25) is 11.8 Å². The van der Waals surface area contributed by atoms with E-state index in [1.54, 1.807) is 6.92 Å². The molecule has 0 radical (unpaired) electrons. The van der Waals surface area contributed by atoms with Crippen molar-refractivity contribution in [3.63, 3.8) is 0 Å². The molecule has 0 spiro atoms. The summed E-state index contributed by atoms with van der Waals surface area (Å²) in [6.45, 7) is 3.74. The Morgan fingerprint density at radius 1 is 1.29 bits per heavy atom. The van der Waals surface area contributed by atoms with Gasteiger partial charge in [0.1, 0.15) is 0 Å². The Kier molecular flexibility index (Phi) is 7.96. The molecule has 0 atom stereocenters. The van der Waals surface area contributed by atoms with Gasteiger partial charge in [-0.1, -0.05) is 19.4 Å². The summed E-state index contributed by atoms with van der Waals surface area (Å²) in [7, 11) is 0. The van der Waals surface area contributed by atoms with Crippen LogP contribution in [0.3, 0.4) is 0 Å². The molecule has 1 rings (SSSR count). The van der Waals surface area contributed by atoms with E-state index in [1.165, 1.54) is 0 Å². The summed E-state index contributed by atoms with van der Waals surface area (Å²) in [6, 6.07) is 7.55. The predicted molar refractivity (Wildman–Crippen MR) is 93.2 cm³/mol. The molecule has 0 saturated heterocycles. The number of halogens is 1. The van der Waals surface area contributed by atoms with Crippen LogP contribution in [0.2, 0.25) is 0 Å². The summed E-state index contributed by atoms with van der Waals surface area (Å²) in [5, 5.41) is 6.73. The lowest BCUT2D eigenvalue weighted by Gasteiger charge is -2.06.